The van der Waals surface area contributed by atoms with Gasteiger partial charge in [-0.25, -0.2) is 14.2 Å². The van der Waals surface area contributed by atoms with Gasteiger partial charge in [0, 0.05) is 12.0 Å². The van der Waals surface area contributed by atoms with E-state index in [9.17, 15) is 9.18 Å². The summed E-state index contributed by atoms with van der Waals surface area (Å²) in [5, 5.41) is 0.465. The highest BCUT2D eigenvalue weighted by molar-refractivity contribution is 6.32. The molecular formula is C17H18ClFN2O4. The van der Waals surface area contributed by atoms with Crippen molar-refractivity contribution in [3.05, 3.63) is 34.6 Å². The predicted octanol–water partition coefficient (Wildman–Crippen LogP) is 2.91. The molecule has 8 heteroatoms. The van der Waals surface area contributed by atoms with Crippen LogP contribution in [0.2, 0.25) is 5.02 Å². The normalized spacial score (nSPS) is 16.9. The van der Waals surface area contributed by atoms with Gasteiger partial charge in [0.2, 0.25) is 0 Å². The maximum absolute atomic E-state index is 13.2. The van der Waals surface area contributed by atoms with Gasteiger partial charge in [0.15, 0.2) is 5.69 Å². The standard InChI is InChI=1S/C17H18ClFN2O4/c1-23-14-7-10(3-4-12(14)18)16-20-15(17(22)24-2)13-5-6-25-11(8-19)9-21(13)16/h3-4,7,11H,5-6,8-9H2,1-2H3. The molecule has 134 valence electrons. The van der Waals surface area contributed by atoms with Crippen LogP contribution in [-0.2, 0) is 22.4 Å². The second kappa shape index (κ2) is 7.41. The first-order valence-electron chi connectivity index (χ1n) is 7.78. The highest BCUT2D eigenvalue weighted by Crippen LogP contribution is 2.32. The first-order valence-corrected chi connectivity index (χ1v) is 8.16. The monoisotopic (exact) mass is 368 g/mol. The molecule has 0 fully saturated rings. The number of hydrogen-bond acceptors (Lipinski definition) is 5. The van der Waals surface area contributed by atoms with Gasteiger partial charge in [0.1, 0.15) is 24.4 Å². The molecule has 3 rings (SSSR count). The molecule has 0 saturated carbocycles. The highest BCUT2D eigenvalue weighted by atomic mass is 35.5. The van der Waals surface area contributed by atoms with Gasteiger partial charge >= 0.3 is 5.97 Å². The Balaban J connectivity index is 2.16. The van der Waals surface area contributed by atoms with Crippen molar-refractivity contribution in [2.45, 2.75) is 19.1 Å². The van der Waals surface area contributed by atoms with Crippen LogP contribution in [0.5, 0.6) is 5.75 Å². The minimum atomic E-state index is -0.617. The van der Waals surface area contributed by atoms with Crippen molar-refractivity contribution in [1.82, 2.24) is 9.55 Å². The third kappa shape index (κ3) is 3.34. The van der Waals surface area contributed by atoms with Crippen molar-refractivity contribution in [3.63, 3.8) is 0 Å². The number of benzene rings is 1. The van der Waals surface area contributed by atoms with Crippen LogP contribution in [0.3, 0.4) is 0 Å². The summed E-state index contributed by atoms with van der Waals surface area (Å²) in [5.41, 5.74) is 1.60. The molecule has 1 unspecified atom stereocenters. The number of esters is 1. The summed E-state index contributed by atoms with van der Waals surface area (Å²) in [6, 6.07) is 5.20. The Morgan fingerprint density at radius 2 is 2.28 bits per heavy atom. The lowest BCUT2D eigenvalue weighted by molar-refractivity contribution is 0.0355. The third-order valence-corrected chi connectivity index (χ3v) is 4.42. The van der Waals surface area contributed by atoms with Crippen molar-refractivity contribution >= 4 is 17.6 Å². The van der Waals surface area contributed by atoms with Gasteiger partial charge in [-0.1, -0.05) is 11.6 Å². The topological polar surface area (TPSA) is 62.6 Å². The first-order chi connectivity index (χ1) is 12.1. The number of hydrogen-bond donors (Lipinski definition) is 0. The number of aromatic nitrogens is 2. The molecule has 25 heavy (non-hydrogen) atoms. The Bertz CT molecular complexity index is 793. The van der Waals surface area contributed by atoms with E-state index in [2.05, 4.69) is 4.98 Å². The SMILES string of the molecule is COC(=O)c1nc(-c2ccc(Cl)c(OC)c2)n2c1CCOC(CF)C2. The fourth-order valence-corrected chi connectivity index (χ4v) is 3.08. The summed E-state index contributed by atoms with van der Waals surface area (Å²) in [6.07, 6.45) is -0.146. The Morgan fingerprint density at radius 1 is 1.48 bits per heavy atom. The van der Waals surface area contributed by atoms with E-state index < -0.39 is 18.7 Å². The average molecular weight is 369 g/mol. The molecule has 1 aliphatic rings. The maximum Gasteiger partial charge on any atom is 0.358 e. The van der Waals surface area contributed by atoms with Gasteiger partial charge in [0.25, 0.3) is 0 Å². The van der Waals surface area contributed by atoms with Crippen molar-refractivity contribution in [3.8, 4) is 17.1 Å². The number of methoxy groups -OCH3 is 2. The van der Waals surface area contributed by atoms with E-state index >= 15 is 0 Å². The number of nitrogens with zero attached hydrogens (tertiary/aromatic N) is 2. The van der Waals surface area contributed by atoms with Crippen LogP contribution in [0, 0.1) is 0 Å². The Kier molecular flexibility index (Phi) is 5.24. The number of alkyl halides is 1. The van der Waals surface area contributed by atoms with Gasteiger partial charge in [-0.15, -0.1) is 0 Å². The lowest BCUT2D eigenvalue weighted by Crippen LogP contribution is -2.21. The van der Waals surface area contributed by atoms with Crippen LogP contribution in [0.25, 0.3) is 11.4 Å². The minimum Gasteiger partial charge on any atom is -0.495 e. The van der Waals surface area contributed by atoms with Crippen LogP contribution in [0.15, 0.2) is 18.2 Å². The van der Waals surface area contributed by atoms with Crippen LogP contribution in [-0.4, -0.2) is 49.1 Å². The first kappa shape index (κ1) is 17.7. The molecule has 2 aromatic rings. The average Bonchev–Trinajstić information content (AvgIpc) is 2.85. The molecule has 0 amide bonds. The summed E-state index contributed by atoms with van der Waals surface area (Å²) in [6.45, 7) is -0.0433. The molecule has 0 aliphatic carbocycles. The summed E-state index contributed by atoms with van der Waals surface area (Å²) >= 11 is 6.08. The number of imidazole rings is 1. The Hall–Kier alpha value is -2.12. The van der Waals surface area contributed by atoms with Crippen molar-refractivity contribution in [1.29, 1.82) is 0 Å². The number of fused-ring (bicyclic) bond motifs is 1. The van der Waals surface area contributed by atoms with E-state index in [1.54, 1.807) is 18.2 Å². The zero-order chi connectivity index (χ0) is 18.0. The molecule has 0 saturated heterocycles. The quantitative estimate of drug-likeness (QED) is 0.776. The number of carbonyl (C=O) groups is 1. The number of carbonyl (C=O) groups excluding carboxylic acids is 1. The number of halogens is 2. The number of ether oxygens (including phenoxy) is 3. The zero-order valence-corrected chi connectivity index (χ0v) is 14.7. The van der Waals surface area contributed by atoms with Gasteiger partial charge in [-0.2, -0.15) is 0 Å². The van der Waals surface area contributed by atoms with E-state index in [1.807, 2.05) is 4.57 Å². The minimum absolute atomic E-state index is 0.217. The summed E-state index contributed by atoms with van der Waals surface area (Å²) in [7, 11) is 2.82. The molecule has 6 nitrogen and oxygen atoms in total. The summed E-state index contributed by atoms with van der Waals surface area (Å²) in [4.78, 5) is 16.6. The van der Waals surface area contributed by atoms with E-state index in [0.29, 0.717) is 40.9 Å². The van der Waals surface area contributed by atoms with Gasteiger partial charge < -0.3 is 18.8 Å². The molecule has 0 radical (unpaired) electrons. The van der Waals surface area contributed by atoms with Crippen LogP contribution < -0.4 is 4.74 Å². The number of rotatable bonds is 4. The molecule has 0 bridgehead atoms. The Labute approximate surface area is 149 Å². The van der Waals surface area contributed by atoms with Crippen LogP contribution in [0.4, 0.5) is 4.39 Å². The summed E-state index contributed by atoms with van der Waals surface area (Å²) < 4.78 is 30.6. The second-order valence-corrected chi connectivity index (χ2v) is 5.99. The third-order valence-electron chi connectivity index (χ3n) is 4.11. The molecule has 0 N–H and O–H groups in total. The van der Waals surface area contributed by atoms with Gasteiger partial charge in [-0.3, -0.25) is 0 Å². The van der Waals surface area contributed by atoms with E-state index in [1.165, 1.54) is 14.2 Å². The van der Waals surface area contributed by atoms with Gasteiger partial charge in [0.05, 0.1) is 38.1 Å². The maximum atomic E-state index is 13.2. The summed E-state index contributed by atoms with van der Waals surface area (Å²) in [5.74, 6) is 0.479. The van der Waals surface area contributed by atoms with E-state index in [-0.39, 0.29) is 12.2 Å². The molecule has 1 aromatic heterocycles. The smallest absolute Gasteiger partial charge is 0.358 e. The van der Waals surface area contributed by atoms with Crippen LogP contribution in [0.1, 0.15) is 16.2 Å². The van der Waals surface area contributed by atoms with Crippen LogP contribution >= 0.6 is 11.6 Å². The Morgan fingerprint density at radius 3 is 2.96 bits per heavy atom. The zero-order valence-electron chi connectivity index (χ0n) is 13.9. The van der Waals surface area contributed by atoms with Gasteiger partial charge in [-0.05, 0) is 18.2 Å². The molecule has 0 spiro atoms. The fourth-order valence-electron chi connectivity index (χ4n) is 2.89. The molecule has 1 aliphatic heterocycles. The molecule has 2 heterocycles. The van der Waals surface area contributed by atoms with Crippen molar-refractivity contribution < 1.29 is 23.4 Å². The van der Waals surface area contributed by atoms with E-state index in [4.69, 9.17) is 25.8 Å². The van der Waals surface area contributed by atoms with Crippen molar-refractivity contribution in [2.75, 3.05) is 27.5 Å². The largest absolute Gasteiger partial charge is 0.495 e. The highest BCUT2D eigenvalue weighted by Gasteiger charge is 2.28. The molecule has 1 aromatic carbocycles. The second-order valence-electron chi connectivity index (χ2n) is 5.58. The lowest BCUT2D eigenvalue weighted by atomic mass is 10.2. The van der Waals surface area contributed by atoms with Crippen molar-refractivity contribution in [2.24, 2.45) is 0 Å². The van der Waals surface area contributed by atoms with E-state index in [0.717, 1.165) is 0 Å². The lowest BCUT2D eigenvalue weighted by Gasteiger charge is -2.14. The predicted molar refractivity (Wildman–Crippen MR) is 90.0 cm³/mol. The molecular weight excluding hydrogens is 351 g/mol. The fraction of sp³-hybridized carbons (Fsp3) is 0.412. The molecule has 1 atom stereocenters.